The molecule has 2 amide bonds. The highest BCUT2D eigenvalue weighted by Crippen LogP contribution is 2.60. The summed E-state index contributed by atoms with van der Waals surface area (Å²) >= 11 is 1.78. The van der Waals surface area contributed by atoms with Crippen LogP contribution in [0.1, 0.15) is 60.6 Å². The number of rotatable bonds is 6. The zero-order valence-corrected chi connectivity index (χ0v) is 20.6. The summed E-state index contributed by atoms with van der Waals surface area (Å²) in [5, 5.41) is 2.13. The average Bonchev–Trinajstić information content (AvgIpc) is 3.31. The second-order valence-corrected chi connectivity index (χ2v) is 12.1. The number of carbonyl (C=O) groups is 2. The lowest BCUT2D eigenvalue weighted by atomic mass is 9.49. The van der Waals surface area contributed by atoms with Crippen LogP contribution in [-0.4, -0.2) is 41.2 Å². The quantitative estimate of drug-likeness (QED) is 0.522. The lowest BCUT2D eigenvalue weighted by molar-refractivity contribution is -0.160. The largest absolute Gasteiger partial charge is 0.330 e. The van der Waals surface area contributed by atoms with Crippen LogP contribution in [0.15, 0.2) is 54.4 Å². The molecule has 4 nitrogen and oxygen atoms in total. The first-order valence-corrected chi connectivity index (χ1v) is 13.8. The van der Waals surface area contributed by atoms with E-state index in [2.05, 4.69) is 30.2 Å². The highest BCUT2D eigenvalue weighted by Gasteiger charge is 2.55. The Labute approximate surface area is 206 Å². The van der Waals surface area contributed by atoms with Crippen LogP contribution in [0.3, 0.4) is 0 Å². The molecule has 2 aromatic rings. The number of thiophene rings is 1. The fraction of sp³-hybridized carbons (Fsp3) is 0.517. The van der Waals surface area contributed by atoms with Crippen molar-refractivity contribution in [3.63, 3.8) is 0 Å². The molecule has 178 valence electrons. The summed E-state index contributed by atoms with van der Waals surface area (Å²) in [7, 11) is 0. The van der Waals surface area contributed by atoms with Crippen molar-refractivity contribution in [3.05, 3.63) is 70.4 Å². The number of amides is 2. The van der Waals surface area contributed by atoms with Gasteiger partial charge in [0.15, 0.2) is 0 Å². The van der Waals surface area contributed by atoms with Gasteiger partial charge in [-0.1, -0.05) is 36.4 Å². The minimum atomic E-state index is -0.237. The highest BCUT2D eigenvalue weighted by molar-refractivity contribution is 7.10. The molecule has 5 aliphatic rings. The maximum Gasteiger partial charge on any atom is 0.243 e. The molecule has 0 radical (unpaired) electrons. The first kappa shape index (κ1) is 22.1. The van der Waals surface area contributed by atoms with E-state index in [9.17, 15) is 9.59 Å². The summed E-state index contributed by atoms with van der Waals surface area (Å²) < 4.78 is 0. The molecule has 2 heterocycles. The van der Waals surface area contributed by atoms with E-state index < -0.39 is 0 Å². The number of hydrogen-bond acceptors (Lipinski definition) is 3. The van der Waals surface area contributed by atoms with Gasteiger partial charge in [-0.25, -0.2) is 0 Å². The molecule has 0 N–H and O–H groups in total. The Morgan fingerprint density at radius 1 is 1.06 bits per heavy atom. The second kappa shape index (κ2) is 8.67. The standard InChI is InChI=1S/C29H34N2O2S/c1-2-10-30(28(33)29-16-20-13-21(17-29)15-22(14-20)18-29)19-26(32)31-11-8-25-24(9-12-34-25)27(31)23-6-4-3-5-7-23/h2-7,9,12,20-22,27H,1,8,10-11,13-19H2. The predicted octanol–water partition coefficient (Wildman–Crippen LogP) is 5.45. The van der Waals surface area contributed by atoms with Crippen molar-refractivity contribution in [3.8, 4) is 0 Å². The SMILES string of the molecule is C=CCN(CC(=O)N1CCc2sccc2C1c1ccccc1)C(=O)C12CC3CC(CC(C3)C1)C2. The third-order valence-corrected chi connectivity index (χ3v) is 9.85. The zero-order valence-electron chi connectivity index (χ0n) is 19.8. The fourth-order valence-electron chi connectivity index (χ4n) is 7.92. The van der Waals surface area contributed by atoms with Gasteiger partial charge in [-0.2, -0.15) is 0 Å². The molecule has 1 aromatic heterocycles. The van der Waals surface area contributed by atoms with Crippen molar-refractivity contribution in [1.29, 1.82) is 0 Å². The monoisotopic (exact) mass is 474 g/mol. The predicted molar refractivity (Wildman–Crippen MR) is 135 cm³/mol. The van der Waals surface area contributed by atoms with Gasteiger partial charge in [0.2, 0.25) is 11.8 Å². The molecule has 4 aliphatic carbocycles. The Bertz CT molecular complexity index is 1060. The van der Waals surface area contributed by atoms with Crippen molar-refractivity contribution in [2.45, 2.75) is 51.0 Å². The summed E-state index contributed by atoms with van der Waals surface area (Å²) in [5.74, 6) is 2.38. The Balaban J connectivity index is 1.26. The second-order valence-electron chi connectivity index (χ2n) is 11.1. The molecular formula is C29H34N2O2S. The number of benzene rings is 1. The van der Waals surface area contributed by atoms with Crippen molar-refractivity contribution in [1.82, 2.24) is 9.80 Å². The van der Waals surface area contributed by atoms with Crippen LogP contribution in [0.5, 0.6) is 0 Å². The van der Waals surface area contributed by atoms with Gasteiger partial charge in [0, 0.05) is 18.0 Å². The van der Waals surface area contributed by atoms with Gasteiger partial charge in [0.05, 0.1) is 11.5 Å². The van der Waals surface area contributed by atoms with Crippen molar-refractivity contribution in [2.75, 3.05) is 19.6 Å². The number of hydrogen-bond donors (Lipinski definition) is 0. The summed E-state index contributed by atoms with van der Waals surface area (Å²) in [4.78, 5) is 33.1. The van der Waals surface area contributed by atoms with Gasteiger partial charge in [0.1, 0.15) is 6.54 Å². The lowest BCUT2D eigenvalue weighted by Crippen LogP contribution is -2.56. The van der Waals surface area contributed by atoms with Crippen LogP contribution < -0.4 is 0 Å². The van der Waals surface area contributed by atoms with Crippen LogP contribution in [-0.2, 0) is 16.0 Å². The molecule has 7 rings (SSSR count). The molecule has 1 aliphatic heterocycles. The Kier molecular flexibility index (Phi) is 5.63. The van der Waals surface area contributed by atoms with E-state index in [4.69, 9.17) is 0 Å². The molecule has 0 saturated heterocycles. The number of fused-ring (bicyclic) bond motifs is 1. The minimum Gasteiger partial charge on any atom is -0.330 e. The summed E-state index contributed by atoms with van der Waals surface area (Å²) in [6.45, 7) is 5.20. The molecular weight excluding hydrogens is 440 g/mol. The number of nitrogens with zero attached hydrogens (tertiary/aromatic N) is 2. The van der Waals surface area contributed by atoms with Crippen LogP contribution in [0.25, 0.3) is 0 Å². The minimum absolute atomic E-state index is 0.0469. The van der Waals surface area contributed by atoms with E-state index in [-0.39, 0.29) is 29.8 Å². The summed E-state index contributed by atoms with van der Waals surface area (Å²) in [5.41, 5.74) is 2.13. The molecule has 0 spiro atoms. The molecule has 5 heteroatoms. The molecule has 1 atom stereocenters. The normalized spacial score (nSPS) is 31.2. The molecule has 4 bridgehead atoms. The molecule has 4 fully saturated rings. The van der Waals surface area contributed by atoms with Gasteiger partial charge in [-0.05, 0) is 85.3 Å². The maximum atomic E-state index is 14.0. The number of carbonyl (C=O) groups excluding carboxylic acids is 2. The Hall–Kier alpha value is -2.40. The summed E-state index contributed by atoms with van der Waals surface area (Å²) in [6.07, 6.45) is 9.66. The first-order valence-electron chi connectivity index (χ1n) is 12.9. The Morgan fingerprint density at radius 2 is 1.74 bits per heavy atom. The van der Waals surface area contributed by atoms with Gasteiger partial charge in [0.25, 0.3) is 0 Å². The molecule has 1 unspecified atom stereocenters. The van der Waals surface area contributed by atoms with Gasteiger partial charge in [-0.15, -0.1) is 17.9 Å². The summed E-state index contributed by atoms with van der Waals surface area (Å²) in [6, 6.07) is 12.4. The van der Waals surface area contributed by atoms with E-state index >= 15 is 0 Å². The van der Waals surface area contributed by atoms with E-state index in [1.807, 2.05) is 28.0 Å². The van der Waals surface area contributed by atoms with Gasteiger partial charge < -0.3 is 9.80 Å². The van der Waals surface area contributed by atoms with E-state index in [1.165, 1.54) is 29.7 Å². The van der Waals surface area contributed by atoms with Crippen LogP contribution in [0, 0.1) is 23.2 Å². The lowest BCUT2D eigenvalue weighted by Gasteiger charge is -2.56. The van der Waals surface area contributed by atoms with Crippen LogP contribution in [0.4, 0.5) is 0 Å². The third-order valence-electron chi connectivity index (χ3n) is 8.86. The molecule has 1 aromatic carbocycles. The maximum absolute atomic E-state index is 14.0. The van der Waals surface area contributed by atoms with Crippen molar-refractivity contribution < 1.29 is 9.59 Å². The van der Waals surface area contributed by atoms with Crippen LogP contribution >= 0.6 is 11.3 Å². The zero-order chi connectivity index (χ0) is 23.3. The van der Waals surface area contributed by atoms with Gasteiger partial charge >= 0.3 is 0 Å². The van der Waals surface area contributed by atoms with Gasteiger partial charge in [-0.3, -0.25) is 9.59 Å². The van der Waals surface area contributed by atoms with E-state index in [0.717, 1.165) is 31.2 Å². The molecule has 4 saturated carbocycles. The fourth-order valence-corrected chi connectivity index (χ4v) is 8.82. The van der Waals surface area contributed by atoms with Crippen molar-refractivity contribution in [2.24, 2.45) is 23.2 Å². The van der Waals surface area contributed by atoms with E-state index in [0.29, 0.717) is 30.8 Å². The smallest absolute Gasteiger partial charge is 0.243 e. The van der Waals surface area contributed by atoms with Crippen LogP contribution in [0.2, 0.25) is 0 Å². The highest BCUT2D eigenvalue weighted by atomic mass is 32.1. The topological polar surface area (TPSA) is 40.6 Å². The average molecular weight is 475 g/mol. The van der Waals surface area contributed by atoms with Crippen molar-refractivity contribution >= 4 is 23.2 Å². The third kappa shape index (κ3) is 3.73. The molecule has 34 heavy (non-hydrogen) atoms. The first-order chi connectivity index (χ1) is 16.6. The Morgan fingerprint density at radius 3 is 2.38 bits per heavy atom. The van der Waals surface area contributed by atoms with E-state index in [1.54, 1.807) is 17.4 Å².